The molecule has 2 aromatic heterocycles. The lowest BCUT2D eigenvalue weighted by Crippen LogP contribution is -2.32. The van der Waals surface area contributed by atoms with Gasteiger partial charge >= 0.3 is 0 Å². The molecule has 29 heavy (non-hydrogen) atoms. The lowest BCUT2D eigenvalue weighted by Gasteiger charge is -2.20. The summed E-state index contributed by atoms with van der Waals surface area (Å²) in [5, 5.41) is 9.72. The van der Waals surface area contributed by atoms with Gasteiger partial charge in [-0.05, 0) is 41.7 Å². The van der Waals surface area contributed by atoms with E-state index in [0.717, 1.165) is 16.8 Å². The number of hydrogen-bond acceptors (Lipinski definition) is 3. The summed E-state index contributed by atoms with van der Waals surface area (Å²) in [4.78, 5) is 16.6. The molecule has 0 unspecified atom stereocenters. The summed E-state index contributed by atoms with van der Waals surface area (Å²) in [6.07, 6.45) is 0.762. The minimum absolute atomic E-state index is 0.00735. The molecule has 1 amide bonds. The molecule has 4 rings (SSSR count). The van der Waals surface area contributed by atoms with Gasteiger partial charge in [-0.25, -0.2) is 9.37 Å². The third-order valence-corrected chi connectivity index (χ3v) is 5.18. The van der Waals surface area contributed by atoms with Crippen LogP contribution >= 0.6 is 0 Å². The van der Waals surface area contributed by atoms with Crippen LogP contribution in [0.25, 0.3) is 11.3 Å². The first-order chi connectivity index (χ1) is 13.9. The van der Waals surface area contributed by atoms with Crippen LogP contribution in [-0.4, -0.2) is 27.3 Å². The number of hydrogen-bond donors (Lipinski definition) is 2. The molecule has 0 radical (unpaired) electrons. The predicted molar refractivity (Wildman–Crippen MR) is 105 cm³/mol. The van der Waals surface area contributed by atoms with Crippen LogP contribution in [0.3, 0.4) is 0 Å². The van der Waals surface area contributed by atoms with Crippen LogP contribution in [0.5, 0.6) is 0 Å². The second-order valence-corrected chi connectivity index (χ2v) is 7.67. The maximum absolute atomic E-state index is 14.6. The first-order valence-corrected chi connectivity index (χ1v) is 9.64. The molecular formula is C22H22F2N4O. The van der Waals surface area contributed by atoms with Crippen molar-refractivity contribution in [2.24, 2.45) is 5.92 Å². The average molecular weight is 396 g/mol. The van der Waals surface area contributed by atoms with Gasteiger partial charge in [0.1, 0.15) is 6.17 Å². The molecule has 2 heterocycles. The molecule has 0 aliphatic heterocycles. The maximum atomic E-state index is 14.6. The number of alkyl halides is 1. The summed E-state index contributed by atoms with van der Waals surface area (Å²) in [7, 11) is 0. The van der Waals surface area contributed by atoms with E-state index < -0.39 is 24.1 Å². The lowest BCUT2D eigenvalue weighted by atomic mass is 9.97. The Morgan fingerprint density at radius 3 is 2.66 bits per heavy atom. The highest BCUT2D eigenvalue weighted by molar-refractivity contribution is 5.82. The Morgan fingerprint density at radius 2 is 2.03 bits per heavy atom. The van der Waals surface area contributed by atoms with E-state index in [9.17, 15) is 13.6 Å². The largest absolute Gasteiger partial charge is 0.343 e. The molecule has 150 valence electrons. The Bertz CT molecular complexity index is 1020. The van der Waals surface area contributed by atoms with E-state index in [1.807, 2.05) is 44.2 Å². The summed E-state index contributed by atoms with van der Waals surface area (Å²) >= 11 is 0. The number of pyridine rings is 1. The van der Waals surface area contributed by atoms with Gasteiger partial charge in [-0.1, -0.05) is 38.1 Å². The van der Waals surface area contributed by atoms with Gasteiger partial charge < -0.3 is 5.32 Å². The fourth-order valence-corrected chi connectivity index (χ4v) is 3.37. The number of aromatic nitrogens is 3. The van der Waals surface area contributed by atoms with Crippen LogP contribution in [0.4, 0.5) is 8.78 Å². The molecule has 3 aromatic rings. The first kappa shape index (κ1) is 19.2. The smallest absolute Gasteiger partial charge is 0.226 e. The highest BCUT2D eigenvalue weighted by Gasteiger charge is 2.44. The van der Waals surface area contributed by atoms with E-state index in [0.29, 0.717) is 11.3 Å². The Balaban J connectivity index is 1.72. The molecule has 1 aromatic carbocycles. The van der Waals surface area contributed by atoms with Gasteiger partial charge in [0, 0.05) is 11.8 Å². The van der Waals surface area contributed by atoms with Crippen LogP contribution in [0.1, 0.15) is 49.0 Å². The molecule has 7 heteroatoms. The van der Waals surface area contributed by atoms with Gasteiger partial charge in [0.15, 0.2) is 0 Å². The molecule has 0 spiro atoms. The average Bonchev–Trinajstić information content (AvgIpc) is 3.20. The SMILES string of the molecule is CC(C)c1ccc([C@@H](NC(=O)[C@H]2C[C@@H]2F)c2cccc(-c3ccn[nH]3)c2)nc1F. The Labute approximate surface area is 167 Å². The third kappa shape index (κ3) is 4.04. The zero-order valence-corrected chi connectivity index (χ0v) is 16.2. The van der Waals surface area contributed by atoms with Crippen molar-refractivity contribution >= 4 is 5.91 Å². The number of carbonyl (C=O) groups excluding carboxylic acids is 1. The van der Waals surface area contributed by atoms with Crippen LogP contribution in [0.2, 0.25) is 0 Å². The Hall–Kier alpha value is -3.09. The summed E-state index contributed by atoms with van der Waals surface area (Å²) in [5.74, 6) is -1.60. The molecule has 2 N–H and O–H groups in total. The van der Waals surface area contributed by atoms with E-state index in [1.54, 1.807) is 18.3 Å². The number of H-pyrrole nitrogens is 1. The van der Waals surface area contributed by atoms with Crippen LogP contribution in [0, 0.1) is 11.9 Å². The molecular weight excluding hydrogens is 374 g/mol. The van der Waals surface area contributed by atoms with E-state index in [4.69, 9.17) is 0 Å². The second-order valence-electron chi connectivity index (χ2n) is 7.67. The van der Waals surface area contributed by atoms with Crippen molar-refractivity contribution in [2.75, 3.05) is 0 Å². The zero-order chi connectivity index (χ0) is 20.5. The lowest BCUT2D eigenvalue weighted by molar-refractivity contribution is -0.123. The monoisotopic (exact) mass is 396 g/mol. The van der Waals surface area contributed by atoms with Gasteiger partial charge in [0.2, 0.25) is 11.9 Å². The number of aromatic amines is 1. The molecule has 1 fully saturated rings. The summed E-state index contributed by atoms with van der Waals surface area (Å²) in [6.45, 7) is 3.78. The quantitative estimate of drug-likeness (QED) is 0.611. The number of amides is 1. The van der Waals surface area contributed by atoms with E-state index in [2.05, 4.69) is 20.5 Å². The highest BCUT2D eigenvalue weighted by atomic mass is 19.1. The maximum Gasteiger partial charge on any atom is 0.226 e. The third-order valence-electron chi connectivity index (χ3n) is 5.18. The minimum Gasteiger partial charge on any atom is -0.343 e. The normalized spacial score (nSPS) is 19.2. The number of nitrogens with one attached hydrogen (secondary N) is 2. The van der Waals surface area contributed by atoms with E-state index in [1.165, 1.54) is 0 Å². The van der Waals surface area contributed by atoms with Gasteiger partial charge in [-0.2, -0.15) is 9.49 Å². The number of carbonyl (C=O) groups is 1. The van der Waals surface area contributed by atoms with Crippen molar-refractivity contribution in [1.29, 1.82) is 0 Å². The summed E-state index contributed by atoms with van der Waals surface area (Å²) in [6, 6.07) is 12.0. The van der Waals surface area contributed by atoms with Crippen molar-refractivity contribution in [3.63, 3.8) is 0 Å². The van der Waals surface area contributed by atoms with Gasteiger partial charge in [0.25, 0.3) is 0 Å². The van der Waals surface area contributed by atoms with Gasteiger partial charge in [0.05, 0.1) is 23.3 Å². The highest BCUT2D eigenvalue weighted by Crippen LogP contribution is 2.35. The minimum atomic E-state index is -1.11. The number of nitrogens with zero attached hydrogens (tertiary/aromatic N) is 2. The summed E-state index contributed by atoms with van der Waals surface area (Å²) in [5.41, 5.74) is 3.30. The van der Waals surface area contributed by atoms with Crippen molar-refractivity contribution in [3.8, 4) is 11.3 Å². The van der Waals surface area contributed by atoms with E-state index >= 15 is 0 Å². The van der Waals surface area contributed by atoms with Gasteiger partial charge in [-0.15, -0.1) is 0 Å². The van der Waals surface area contributed by atoms with Crippen molar-refractivity contribution < 1.29 is 13.6 Å². The number of rotatable bonds is 6. The molecule has 3 atom stereocenters. The predicted octanol–water partition coefficient (Wildman–Crippen LogP) is 4.30. The number of benzene rings is 1. The van der Waals surface area contributed by atoms with E-state index in [-0.39, 0.29) is 18.2 Å². The molecule has 1 aliphatic carbocycles. The molecule has 0 saturated heterocycles. The topological polar surface area (TPSA) is 70.7 Å². The summed E-state index contributed by atoms with van der Waals surface area (Å²) < 4.78 is 27.9. The zero-order valence-electron chi connectivity index (χ0n) is 16.2. The van der Waals surface area contributed by atoms with Crippen molar-refractivity contribution in [1.82, 2.24) is 20.5 Å². The van der Waals surface area contributed by atoms with Crippen LogP contribution in [-0.2, 0) is 4.79 Å². The Kier molecular flexibility index (Phi) is 5.13. The molecule has 1 aliphatic rings. The van der Waals surface area contributed by atoms with Crippen LogP contribution < -0.4 is 5.32 Å². The number of halogens is 2. The Morgan fingerprint density at radius 1 is 1.24 bits per heavy atom. The van der Waals surface area contributed by atoms with Crippen molar-refractivity contribution in [2.45, 2.75) is 38.4 Å². The van der Waals surface area contributed by atoms with Gasteiger partial charge in [-0.3, -0.25) is 9.89 Å². The van der Waals surface area contributed by atoms with Crippen LogP contribution in [0.15, 0.2) is 48.7 Å². The standard InChI is InChI=1S/C22H22F2N4O/c1-12(2)15-6-7-19(26-21(15)24)20(27-22(29)16-11-17(16)23)14-5-3-4-13(10-14)18-8-9-25-28-18/h3-10,12,16-17,20H,11H2,1-2H3,(H,25,28)(H,27,29)/t16-,17-,20-/m0/s1. The molecule has 5 nitrogen and oxygen atoms in total. The fraction of sp³-hybridized carbons (Fsp3) is 0.318. The molecule has 1 saturated carbocycles. The van der Waals surface area contributed by atoms with Crippen molar-refractivity contribution in [3.05, 3.63) is 71.4 Å². The second kappa shape index (κ2) is 7.73. The molecule has 0 bridgehead atoms. The first-order valence-electron chi connectivity index (χ1n) is 9.64. The fourth-order valence-electron chi connectivity index (χ4n) is 3.37.